The average molecular weight is 748 g/mol. The Balaban J connectivity index is 1.26. The van der Waals surface area contributed by atoms with E-state index in [1.807, 2.05) is 36.4 Å². The molecule has 0 aromatic heterocycles. The maximum atomic E-state index is 14.5. The van der Waals surface area contributed by atoms with Gasteiger partial charge in [0.25, 0.3) is 11.8 Å². The first kappa shape index (κ1) is 35.4. The van der Waals surface area contributed by atoms with Crippen molar-refractivity contribution in [2.45, 2.75) is 28.5 Å². The zero-order valence-electron chi connectivity index (χ0n) is 29.0. The van der Waals surface area contributed by atoms with Gasteiger partial charge in [-0.1, -0.05) is 35.9 Å². The Bertz CT molecular complexity index is 2060. The zero-order valence-corrected chi connectivity index (χ0v) is 30.5. The number of methoxy groups -OCH3 is 4. The summed E-state index contributed by atoms with van der Waals surface area (Å²) in [5.41, 5.74) is 2.89. The van der Waals surface area contributed by atoms with Gasteiger partial charge in [0.15, 0.2) is 9.75 Å². The number of ether oxygens (including phenoxy) is 4. The lowest BCUT2D eigenvalue weighted by atomic mass is 9.56. The first-order valence-corrected chi connectivity index (χ1v) is 17.3. The fraction of sp³-hybridized carbons (Fsp3) is 0.333. The van der Waals surface area contributed by atoms with E-state index in [2.05, 4.69) is 0 Å². The third-order valence-electron chi connectivity index (χ3n) is 10.9. The van der Waals surface area contributed by atoms with Crippen molar-refractivity contribution in [1.82, 2.24) is 4.90 Å². The fourth-order valence-corrected chi connectivity index (χ4v) is 9.42. The molecule has 0 bridgehead atoms. The summed E-state index contributed by atoms with van der Waals surface area (Å²) in [6, 6.07) is 15.2. The number of aromatic hydroxyl groups is 1. The number of imide groups is 2. The molecule has 11 nitrogen and oxygen atoms in total. The molecule has 270 valence electrons. The summed E-state index contributed by atoms with van der Waals surface area (Å²) >= 11 is 14.6. The number of carbonyl (C=O) groups is 4. The van der Waals surface area contributed by atoms with Gasteiger partial charge in [-0.25, -0.2) is 0 Å². The number of anilines is 1. The molecule has 52 heavy (non-hydrogen) atoms. The van der Waals surface area contributed by atoms with Crippen LogP contribution in [-0.4, -0.2) is 78.9 Å². The van der Waals surface area contributed by atoms with Gasteiger partial charge in [0.1, 0.15) is 28.7 Å². The molecule has 4 amide bonds. The molecule has 0 spiro atoms. The van der Waals surface area contributed by atoms with Gasteiger partial charge in [0.05, 0.1) is 46.0 Å². The van der Waals surface area contributed by atoms with Crippen LogP contribution in [0.15, 0.2) is 66.2 Å². The Morgan fingerprint density at radius 1 is 0.788 bits per heavy atom. The van der Waals surface area contributed by atoms with Gasteiger partial charge in [0.2, 0.25) is 11.8 Å². The number of allylic oxidation sites excluding steroid dienone is 2. The van der Waals surface area contributed by atoms with Crippen molar-refractivity contribution in [3.63, 3.8) is 0 Å². The van der Waals surface area contributed by atoms with Gasteiger partial charge < -0.3 is 24.1 Å². The van der Waals surface area contributed by atoms with Crippen LogP contribution in [0.25, 0.3) is 12.2 Å². The molecule has 2 aliphatic heterocycles. The number of hydrogen-bond donors (Lipinski definition) is 1. The number of halogens is 2. The lowest BCUT2D eigenvalue weighted by molar-refractivity contribution is -0.138. The SMILES string of the molecule is COc1ccc(OC)c(C=Cc2ccc(N3C(=O)C4CC=C5C(CC6(Cl)C(=O)N(C)C(=O)C6(Cl)C5c5c(OC)cc(O)cc5OC)C4C3=O)cc2)c1. The molecule has 0 radical (unpaired) electrons. The van der Waals surface area contributed by atoms with E-state index in [-0.39, 0.29) is 41.6 Å². The highest BCUT2D eigenvalue weighted by Crippen LogP contribution is 2.67. The van der Waals surface area contributed by atoms with Crippen molar-refractivity contribution in [2.24, 2.45) is 17.8 Å². The maximum Gasteiger partial charge on any atom is 0.253 e. The predicted molar refractivity (Wildman–Crippen MR) is 194 cm³/mol. The summed E-state index contributed by atoms with van der Waals surface area (Å²) in [6.07, 6.45) is 5.61. The molecule has 1 N–H and O–H groups in total. The number of fused-ring (bicyclic) bond motifs is 4. The number of carbonyl (C=O) groups excluding carboxylic acids is 4. The smallest absolute Gasteiger partial charge is 0.253 e. The molecule has 2 saturated heterocycles. The molecular weight excluding hydrogens is 711 g/mol. The fourth-order valence-electron chi connectivity index (χ4n) is 8.42. The van der Waals surface area contributed by atoms with Gasteiger partial charge in [-0.15, -0.1) is 23.2 Å². The second-order valence-electron chi connectivity index (χ2n) is 13.3. The summed E-state index contributed by atoms with van der Waals surface area (Å²) in [7, 11) is 7.27. The molecule has 3 fully saturated rings. The van der Waals surface area contributed by atoms with Crippen molar-refractivity contribution >= 4 is 64.7 Å². The number of rotatable bonds is 8. The first-order chi connectivity index (χ1) is 24.8. The molecule has 2 heterocycles. The molecular formula is C39H36Cl2N2O9. The number of hydrogen-bond acceptors (Lipinski definition) is 9. The van der Waals surface area contributed by atoms with E-state index < -0.39 is 51.1 Å². The summed E-state index contributed by atoms with van der Waals surface area (Å²) in [6.45, 7) is 0. The van der Waals surface area contributed by atoms with Crippen molar-refractivity contribution in [3.8, 4) is 28.7 Å². The third kappa shape index (κ3) is 5.00. The number of phenolic OH excluding ortho intramolecular Hbond substituents is 1. The number of phenols is 1. The standard InChI is InChI=1S/C39H36Cl2N2O9/c1-42-36(47)38(40)19-27-25(33(39(38,41)37(42)48)32-29(51-4)17-23(44)18-30(32)52-5)13-14-26-31(27)35(46)43(34(26)45)22-10-7-20(8-11-22)6-9-21-16-24(49-2)12-15-28(21)50-3/h6-13,15-18,26-27,31,33,44H,14,19H2,1-5H3. The molecule has 6 unspecified atom stereocenters. The number of likely N-dealkylation sites (tertiary alicyclic amines) is 1. The Morgan fingerprint density at radius 3 is 2.06 bits per heavy atom. The zero-order chi connectivity index (χ0) is 37.3. The quantitative estimate of drug-likeness (QED) is 0.132. The lowest BCUT2D eigenvalue weighted by Gasteiger charge is -2.51. The van der Waals surface area contributed by atoms with Crippen LogP contribution in [0.5, 0.6) is 28.7 Å². The van der Waals surface area contributed by atoms with Crippen LogP contribution in [0.4, 0.5) is 5.69 Å². The summed E-state index contributed by atoms with van der Waals surface area (Å²) in [5.74, 6) is -4.25. The minimum Gasteiger partial charge on any atom is -0.508 e. The normalized spacial score (nSPS) is 28.1. The molecule has 3 aromatic carbocycles. The van der Waals surface area contributed by atoms with Crippen LogP contribution in [0.2, 0.25) is 0 Å². The van der Waals surface area contributed by atoms with Gasteiger partial charge >= 0.3 is 0 Å². The Hall–Kier alpha value is -5.00. The van der Waals surface area contributed by atoms with E-state index >= 15 is 0 Å². The van der Waals surface area contributed by atoms with Crippen molar-refractivity contribution < 1.29 is 43.2 Å². The van der Waals surface area contributed by atoms with Crippen LogP contribution in [0.1, 0.15) is 35.4 Å². The number of amides is 4. The van der Waals surface area contributed by atoms with E-state index in [4.69, 9.17) is 42.1 Å². The predicted octanol–water partition coefficient (Wildman–Crippen LogP) is 5.79. The second-order valence-corrected chi connectivity index (χ2v) is 14.5. The van der Waals surface area contributed by atoms with Gasteiger partial charge in [-0.3, -0.25) is 29.0 Å². The first-order valence-electron chi connectivity index (χ1n) is 16.6. The van der Waals surface area contributed by atoms with Crippen LogP contribution in [0, 0.1) is 17.8 Å². The van der Waals surface area contributed by atoms with Gasteiger partial charge in [-0.2, -0.15) is 0 Å². The van der Waals surface area contributed by atoms with E-state index in [0.717, 1.165) is 16.0 Å². The van der Waals surface area contributed by atoms with Gasteiger partial charge in [-0.05, 0) is 54.7 Å². The third-order valence-corrected chi connectivity index (χ3v) is 12.3. The van der Waals surface area contributed by atoms with Crippen LogP contribution in [0.3, 0.4) is 0 Å². The molecule has 1 saturated carbocycles. The molecule has 4 aliphatic rings. The van der Waals surface area contributed by atoms with Gasteiger partial charge in [0, 0.05) is 36.2 Å². The van der Waals surface area contributed by atoms with Crippen molar-refractivity contribution in [3.05, 3.63) is 82.9 Å². The van der Waals surface area contributed by atoms with Crippen LogP contribution < -0.4 is 23.8 Å². The second kappa shape index (κ2) is 12.9. The molecule has 6 atom stereocenters. The molecule has 2 aliphatic carbocycles. The van der Waals surface area contributed by atoms with E-state index in [9.17, 15) is 24.3 Å². The largest absolute Gasteiger partial charge is 0.508 e. The maximum absolute atomic E-state index is 14.5. The summed E-state index contributed by atoms with van der Waals surface area (Å²) in [4.78, 5) is 54.4. The number of alkyl halides is 2. The number of benzene rings is 3. The van der Waals surface area contributed by atoms with Crippen LogP contribution >= 0.6 is 23.2 Å². The van der Waals surface area contributed by atoms with Crippen LogP contribution in [-0.2, 0) is 19.2 Å². The minimum absolute atomic E-state index is 0.147. The van der Waals surface area contributed by atoms with E-state index in [1.54, 1.807) is 38.5 Å². The summed E-state index contributed by atoms with van der Waals surface area (Å²) in [5, 5.41) is 10.5. The van der Waals surface area contributed by atoms with E-state index in [1.165, 1.54) is 38.3 Å². The monoisotopic (exact) mass is 746 g/mol. The minimum atomic E-state index is -2.04. The topological polar surface area (TPSA) is 132 Å². The number of nitrogens with zero attached hydrogens (tertiary/aromatic N) is 2. The lowest BCUT2D eigenvalue weighted by Crippen LogP contribution is -2.60. The van der Waals surface area contributed by atoms with Crippen molar-refractivity contribution in [1.29, 1.82) is 0 Å². The highest BCUT2D eigenvalue weighted by Gasteiger charge is 2.76. The Morgan fingerprint density at radius 2 is 1.44 bits per heavy atom. The highest BCUT2D eigenvalue weighted by molar-refractivity contribution is 6.53. The molecule has 3 aromatic rings. The highest BCUT2D eigenvalue weighted by atomic mass is 35.5. The Kier molecular flexibility index (Phi) is 8.78. The molecule has 13 heteroatoms. The summed E-state index contributed by atoms with van der Waals surface area (Å²) < 4.78 is 22.1. The van der Waals surface area contributed by atoms with Crippen molar-refractivity contribution in [2.75, 3.05) is 40.4 Å². The average Bonchev–Trinajstić information content (AvgIpc) is 3.48. The Labute approximate surface area is 310 Å². The molecule has 7 rings (SSSR count). The van der Waals surface area contributed by atoms with E-state index in [0.29, 0.717) is 22.8 Å².